The summed E-state index contributed by atoms with van der Waals surface area (Å²) in [6, 6.07) is 0. The van der Waals surface area contributed by atoms with Crippen molar-refractivity contribution in [2.75, 3.05) is 5.75 Å². The van der Waals surface area contributed by atoms with Gasteiger partial charge >= 0.3 is 5.97 Å². The summed E-state index contributed by atoms with van der Waals surface area (Å²) in [6.45, 7) is 1.80. The summed E-state index contributed by atoms with van der Waals surface area (Å²) in [7, 11) is 0. The molecule has 0 bridgehead atoms. The molecule has 0 spiro atoms. The number of aliphatic carboxylic acids is 1. The number of carbonyl (C=O) groups is 1. The van der Waals surface area contributed by atoms with Crippen molar-refractivity contribution < 1.29 is 9.90 Å². The van der Waals surface area contributed by atoms with Crippen LogP contribution in [0.1, 0.15) is 90.4 Å². The fourth-order valence-corrected chi connectivity index (χ4v) is 2.68. The van der Waals surface area contributed by atoms with Crippen molar-refractivity contribution in [1.29, 1.82) is 0 Å². The third kappa shape index (κ3) is 14.2. The molecule has 1 atom stereocenters. The monoisotopic (exact) mass is 302 g/mol. The summed E-state index contributed by atoms with van der Waals surface area (Å²) in [5.74, 6) is 0.211. The molecular formula is C17H34O2S. The molecule has 0 aromatic rings. The van der Waals surface area contributed by atoms with Crippen molar-refractivity contribution in [1.82, 2.24) is 0 Å². The lowest BCUT2D eigenvalue weighted by Crippen LogP contribution is -2.08. The third-order valence-electron chi connectivity index (χ3n) is 3.97. The Bertz CT molecular complexity index is 219. The number of carboxylic acids is 1. The lowest BCUT2D eigenvalue weighted by Gasteiger charge is -2.05. The zero-order valence-corrected chi connectivity index (χ0v) is 14.2. The van der Waals surface area contributed by atoms with Crippen LogP contribution in [0, 0.1) is 5.92 Å². The highest BCUT2D eigenvalue weighted by atomic mass is 32.1. The maximum absolute atomic E-state index is 10.6. The fourth-order valence-electron chi connectivity index (χ4n) is 2.45. The number of thiol groups is 1. The van der Waals surface area contributed by atoms with Crippen LogP contribution in [-0.4, -0.2) is 16.8 Å². The molecular weight excluding hydrogens is 268 g/mol. The molecule has 1 N–H and O–H groups in total. The Morgan fingerprint density at radius 1 is 0.800 bits per heavy atom. The van der Waals surface area contributed by atoms with E-state index in [1.165, 1.54) is 70.6 Å². The predicted molar refractivity (Wildman–Crippen MR) is 90.7 cm³/mol. The molecule has 1 unspecified atom stereocenters. The molecule has 0 aromatic heterocycles. The Kier molecular flexibility index (Phi) is 15.1. The lowest BCUT2D eigenvalue weighted by molar-refractivity contribution is -0.141. The highest BCUT2D eigenvalue weighted by Crippen LogP contribution is 2.14. The molecule has 120 valence electrons. The van der Waals surface area contributed by atoms with E-state index in [4.69, 9.17) is 5.11 Å². The first-order valence-electron chi connectivity index (χ1n) is 8.52. The van der Waals surface area contributed by atoms with Gasteiger partial charge in [-0.05, 0) is 18.6 Å². The van der Waals surface area contributed by atoms with Crippen molar-refractivity contribution in [2.24, 2.45) is 5.92 Å². The Morgan fingerprint density at radius 2 is 1.15 bits per heavy atom. The van der Waals surface area contributed by atoms with E-state index in [2.05, 4.69) is 12.6 Å². The van der Waals surface area contributed by atoms with Gasteiger partial charge in [0.15, 0.2) is 0 Å². The van der Waals surface area contributed by atoms with Crippen LogP contribution in [0.15, 0.2) is 0 Å². The average molecular weight is 303 g/mol. The van der Waals surface area contributed by atoms with Gasteiger partial charge in [-0.3, -0.25) is 4.79 Å². The van der Waals surface area contributed by atoms with Gasteiger partial charge in [0.25, 0.3) is 0 Å². The summed E-state index contributed by atoms with van der Waals surface area (Å²) < 4.78 is 0. The fraction of sp³-hybridized carbons (Fsp3) is 0.941. The molecule has 0 radical (unpaired) electrons. The molecule has 0 saturated heterocycles. The molecule has 20 heavy (non-hydrogen) atoms. The van der Waals surface area contributed by atoms with E-state index < -0.39 is 5.97 Å². The van der Waals surface area contributed by atoms with Crippen molar-refractivity contribution in [3.05, 3.63) is 0 Å². The van der Waals surface area contributed by atoms with Crippen LogP contribution in [0.4, 0.5) is 0 Å². The van der Waals surface area contributed by atoms with Crippen LogP contribution in [0.5, 0.6) is 0 Å². The van der Waals surface area contributed by atoms with Crippen LogP contribution < -0.4 is 0 Å². The molecule has 0 fully saturated rings. The Morgan fingerprint density at radius 3 is 1.50 bits per heavy atom. The van der Waals surface area contributed by atoms with Crippen molar-refractivity contribution in [3.8, 4) is 0 Å². The van der Waals surface area contributed by atoms with E-state index in [0.717, 1.165) is 18.6 Å². The van der Waals surface area contributed by atoms with Crippen molar-refractivity contribution in [3.63, 3.8) is 0 Å². The van der Waals surface area contributed by atoms with Crippen LogP contribution >= 0.6 is 12.6 Å². The molecule has 0 aromatic carbocycles. The molecule has 2 nitrogen and oxygen atoms in total. The summed E-state index contributed by atoms with van der Waals surface area (Å²) in [6.07, 6.45) is 16.6. The molecule has 0 amide bonds. The van der Waals surface area contributed by atoms with Gasteiger partial charge in [-0.1, -0.05) is 77.6 Å². The second-order valence-electron chi connectivity index (χ2n) is 5.99. The van der Waals surface area contributed by atoms with E-state index in [1.807, 2.05) is 0 Å². The van der Waals surface area contributed by atoms with E-state index >= 15 is 0 Å². The summed E-state index contributed by atoms with van der Waals surface area (Å²) in [4.78, 5) is 10.6. The third-order valence-corrected chi connectivity index (χ3v) is 4.28. The Labute approximate surface area is 131 Å². The number of carboxylic acid groups (broad SMARTS) is 1. The normalized spacial score (nSPS) is 12.5. The molecule has 0 aliphatic carbocycles. The zero-order chi connectivity index (χ0) is 15.1. The number of hydrogen-bond acceptors (Lipinski definition) is 2. The summed E-state index contributed by atoms with van der Waals surface area (Å²) in [5, 5.41) is 8.77. The van der Waals surface area contributed by atoms with Crippen LogP contribution in [0.2, 0.25) is 0 Å². The van der Waals surface area contributed by atoms with Gasteiger partial charge in [-0.15, -0.1) is 0 Å². The molecule has 0 saturated carbocycles. The molecule has 0 rings (SSSR count). The minimum Gasteiger partial charge on any atom is -0.481 e. The highest BCUT2D eigenvalue weighted by Gasteiger charge is 2.09. The van der Waals surface area contributed by atoms with Gasteiger partial charge in [-0.2, -0.15) is 12.6 Å². The van der Waals surface area contributed by atoms with E-state index in [1.54, 1.807) is 6.92 Å². The lowest BCUT2D eigenvalue weighted by atomic mass is 10.0. The second-order valence-corrected chi connectivity index (χ2v) is 6.44. The van der Waals surface area contributed by atoms with Gasteiger partial charge in [0.1, 0.15) is 0 Å². The first kappa shape index (κ1) is 19.8. The van der Waals surface area contributed by atoms with Gasteiger partial charge in [-0.25, -0.2) is 0 Å². The topological polar surface area (TPSA) is 37.3 Å². The minimum absolute atomic E-state index is 0.169. The molecule has 0 aliphatic heterocycles. The number of unbranched alkanes of at least 4 members (excludes halogenated alkanes) is 11. The predicted octanol–water partition coefficient (Wildman–Crippen LogP) is 5.71. The average Bonchev–Trinajstić information content (AvgIpc) is 2.43. The number of rotatable bonds is 15. The molecule has 0 aliphatic rings. The Hall–Kier alpha value is -0.180. The van der Waals surface area contributed by atoms with Gasteiger partial charge < -0.3 is 5.11 Å². The first-order valence-corrected chi connectivity index (χ1v) is 9.15. The van der Waals surface area contributed by atoms with Crippen molar-refractivity contribution in [2.45, 2.75) is 90.4 Å². The minimum atomic E-state index is -0.653. The summed E-state index contributed by atoms with van der Waals surface area (Å²) in [5.41, 5.74) is 0. The first-order chi connectivity index (χ1) is 9.68. The Balaban J connectivity index is 3.04. The van der Waals surface area contributed by atoms with Gasteiger partial charge in [0.2, 0.25) is 0 Å². The maximum atomic E-state index is 10.6. The number of hydrogen-bond donors (Lipinski definition) is 2. The van der Waals surface area contributed by atoms with E-state index in [-0.39, 0.29) is 5.92 Å². The smallest absolute Gasteiger partial charge is 0.306 e. The molecule has 0 heterocycles. The standard InChI is InChI=1S/C17H34O2S/c1-16(17(18)19)14-12-10-8-6-4-2-3-5-7-9-11-13-15-20/h16,20H,2-15H2,1H3,(H,18,19). The van der Waals surface area contributed by atoms with Crippen LogP contribution in [0.3, 0.4) is 0 Å². The molecule has 3 heteroatoms. The SMILES string of the molecule is CC(CCCCCCCCCCCCCCS)C(=O)O. The zero-order valence-electron chi connectivity index (χ0n) is 13.3. The van der Waals surface area contributed by atoms with E-state index in [9.17, 15) is 4.79 Å². The second kappa shape index (κ2) is 15.2. The summed E-state index contributed by atoms with van der Waals surface area (Å²) >= 11 is 4.22. The van der Waals surface area contributed by atoms with E-state index in [0.29, 0.717) is 0 Å². The highest BCUT2D eigenvalue weighted by molar-refractivity contribution is 7.80. The van der Waals surface area contributed by atoms with Crippen molar-refractivity contribution >= 4 is 18.6 Å². The largest absolute Gasteiger partial charge is 0.481 e. The van der Waals surface area contributed by atoms with Crippen LogP contribution in [0.25, 0.3) is 0 Å². The quantitative estimate of drug-likeness (QED) is 0.300. The maximum Gasteiger partial charge on any atom is 0.306 e. The van der Waals surface area contributed by atoms with Gasteiger partial charge in [0.05, 0.1) is 5.92 Å². The van der Waals surface area contributed by atoms with Crippen LogP contribution in [-0.2, 0) is 4.79 Å². The van der Waals surface area contributed by atoms with Gasteiger partial charge in [0, 0.05) is 0 Å².